The molecule has 5 nitrogen and oxygen atoms in total. The van der Waals surface area contributed by atoms with Crippen LogP contribution in [0.25, 0.3) is 0 Å². The highest BCUT2D eigenvalue weighted by molar-refractivity contribution is 5.83. The molecule has 0 unspecified atom stereocenters. The summed E-state index contributed by atoms with van der Waals surface area (Å²) in [6.07, 6.45) is 1.90. The maximum absolute atomic E-state index is 11.4. The third-order valence-electron chi connectivity index (χ3n) is 2.60. The van der Waals surface area contributed by atoms with Crippen LogP contribution < -0.4 is 11.1 Å². The lowest BCUT2D eigenvalue weighted by Crippen LogP contribution is -2.38. The van der Waals surface area contributed by atoms with Crippen LogP contribution in [0.2, 0.25) is 0 Å². The Kier molecular flexibility index (Phi) is 6.03. The van der Waals surface area contributed by atoms with Crippen molar-refractivity contribution >= 4 is 11.9 Å². The molecule has 0 aliphatic rings. The quantitative estimate of drug-likeness (QED) is 0.601. The zero-order chi connectivity index (χ0) is 12.8. The number of aliphatic carboxylic acids is 1. The molecule has 0 aliphatic carbocycles. The average molecular weight is 230 g/mol. The Hall–Kier alpha value is -1.10. The SMILES string of the molecule is C[C@H](NC(=O)CCC(C)(C)CCN)C(=O)O. The van der Waals surface area contributed by atoms with Crippen molar-refractivity contribution in [1.82, 2.24) is 5.32 Å². The first-order valence-electron chi connectivity index (χ1n) is 5.51. The van der Waals surface area contributed by atoms with Crippen molar-refractivity contribution in [3.8, 4) is 0 Å². The number of carboxylic acid groups (broad SMARTS) is 1. The molecule has 0 aromatic carbocycles. The van der Waals surface area contributed by atoms with Gasteiger partial charge in [-0.3, -0.25) is 9.59 Å². The van der Waals surface area contributed by atoms with E-state index in [0.717, 1.165) is 6.42 Å². The maximum atomic E-state index is 11.4. The molecule has 5 heteroatoms. The minimum Gasteiger partial charge on any atom is -0.480 e. The number of nitrogens with two attached hydrogens (primary N) is 1. The molecule has 16 heavy (non-hydrogen) atoms. The van der Waals surface area contributed by atoms with Gasteiger partial charge in [-0.1, -0.05) is 13.8 Å². The number of rotatable bonds is 7. The predicted molar refractivity (Wildman–Crippen MR) is 61.9 cm³/mol. The lowest BCUT2D eigenvalue weighted by atomic mass is 9.84. The first-order chi connectivity index (χ1) is 7.28. The summed E-state index contributed by atoms with van der Waals surface area (Å²) in [6.45, 7) is 6.15. The van der Waals surface area contributed by atoms with Gasteiger partial charge < -0.3 is 16.2 Å². The molecule has 0 fully saturated rings. The molecule has 0 aliphatic heterocycles. The second kappa shape index (κ2) is 6.48. The van der Waals surface area contributed by atoms with Gasteiger partial charge in [-0.05, 0) is 31.7 Å². The summed E-state index contributed by atoms with van der Waals surface area (Å²) in [4.78, 5) is 21.9. The summed E-state index contributed by atoms with van der Waals surface area (Å²) < 4.78 is 0. The van der Waals surface area contributed by atoms with Gasteiger partial charge in [0.05, 0.1) is 0 Å². The van der Waals surface area contributed by atoms with E-state index in [1.54, 1.807) is 0 Å². The Morgan fingerprint density at radius 3 is 2.38 bits per heavy atom. The van der Waals surface area contributed by atoms with Gasteiger partial charge in [0.2, 0.25) is 5.91 Å². The Bertz CT molecular complexity index is 252. The first-order valence-corrected chi connectivity index (χ1v) is 5.51. The van der Waals surface area contributed by atoms with Crippen LogP contribution in [-0.4, -0.2) is 29.6 Å². The lowest BCUT2D eigenvalue weighted by Gasteiger charge is -2.23. The van der Waals surface area contributed by atoms with Crippen molar-refractivity contribution in [2.75, 3.05) is 6.54 Å². The van der Waals surface area contributed by atoms with Crippen molar-refractivity contribution in [2.24, 2.45) is 11.1 Å². The minimum absolute atomic E-state index is 0.0263. The maximum Gasteiger partial charge on any atom is 0.325 e. The van der Waals surface area contributed by atoms with Crippen LogP contribution in [0.1, 0.15) is 40.0 Å². The Morgan fingerprint density at radius 2 is 1.94 bits per heavy atom. The summed E-state index contributed by atoms with van der Waals surface area (Å²) in [6, 6.07) is -0.829. The highest BCUT2D eigenvalue weighted by atomic mass is 16.4. The molecule has 0 rings (SSSR count). The summed E-state index contributed by atoms with van der Waals surface area (Å²) in [5.41, 5.74) is 5.49. The summed E-state index contributed by atoms with van der Waals surface area (Å²) in [5.74, 6) is -1.24. The van der Waals surface area contributed by atoms with Crippen molar-refractivity contribution in [2.45, 2.75) is 46.1 Å². The number of amides is 1. The van der Waals surface area contributed by atoms with Gasteiger partial charge in [-0.25, -0.2) is 0 Å². The van der Waals surface area contributed by atoms with Crippen molar-refractivity contribution in [3.05, 3.63) is 0 Å². The molecule has 94 valence electrons. The number of carboxylic acids is 1. The standard InChI is InChI=1S/C11H22N2O3/c1-8(10(15)16)13-9(14)4-5-11(2,3)6-7-12/h8H,4-7,12H2,1-3H3,(H,13,14)(H,15,16)/t8-/m0/s1. The van der Waals surface area contributed by atoms with Crippen LogP contribution in [0.3, 0.4) is 0 Å². The highest BCUT2D eigenvalue weighted by Gasteiger charge is 2.20. The Morgan fingerprint density at radius 1 is 1.38 bits per heavy atom. The molecule has 0 radical (unpaired) electrons. The Labute approximate surface area is 96.4 Å². The molecular weight excluding hydrogens is 208 g/mol. The van der Waals surface area contributed by atoms with Gasteiger partial charge in [0.15, 0.2) is 0 Å². The van der Waals surface area contributed by atoms with Crippen molar-refractivity contribution in [3.63, 3.8) is 0 Å². The van der Waals surface area contributed by atoms with E-state index in [2.05, 4.69) is 5.32 Å². The Balaban J connectivity index is 3.94. The van der Waals surface area contributed by atoms with Gasteiger partial charge in [0, 0.05) is 6.42 Å². The number of nitrogens with one attached hydrogen (secondary N) is 1. The van der Waals surface area contributed by atoms with Gasteiger partial charge >= 0.3 is 5.97 Å². The van der Waals surface area contributed by atoms with Crippen molar-refractivity contribution < 1.29 is 14.7 Å². The fourth-order valence-electron chi connectivity index (χ4n) is 1.34. The number of carbonyl (C=O) groups is 2. The second-order valence-corrected chi connectivity index (χ2v) is 4.83. The monoisotopic (exact) mass is 230 g/mol. The predicted octanol–water partition coefficient (Wildman–Crippen LogP) is 0.731. The molecule has 0 saturated heterocycles. The van der Waals surface area contributed by atoms with Crippen molar-refractivity contribution in [1.29, 1.82) is 0 Å². The number of carbonyl (C=O) groups excluding carboxylic acids is 1. The molecule has 0 aromatic rings. The van der Waals surface area contributed by atoms with Crippen LogP contribution in [0.5, 0.6) is 0 Å². The van der Waals surface area contributed by atoms with E-state index in [4.69, 9.17) is 10.8 Å². The largest absolute Gasteiger partial charge is 0.480 e. The number of hydrogen-bond acceptors (Lipinski definition) is 3. The molecular formula is C11H22N2O3. The fraction of sp³-hybridized carbons (Fsp3) is 0.818. The van der Waals surface area contributed by atoms with Crippen LogP contribution in [-0.2, 0) is 9.59 Å². The third kappa shape index (κ3) is 6.40. The molecule has 0 spiro atoms. The molecule has 0 aromatic heterocycles. The zero-order valence-corrected chi connectivity index (χ0v) is 10.2. The molecule has 1 amide bonds. The van der Waals surface area contributed by atoms with Crippen LogP contribution in [0.4, 0.5) is 0 Å². The normalized spacial score (nSPS) is 13.2. The topological polar surface area (TPSA) is 92.4 Å². The zero-order valence-electron chi connectivity index (χ0n) is 10.2. The molecule has 0 saturated carbocycles. The summed E-state index contributed by atoms with van der Waals surface area (Å²) in [7, 11) is 0. The minimum atomic E-state index is -1.02. The lowest BCUT2D eigenvalue weighted by molar-refractivity contribution is -0.141. The van der Waals surface area contributed by atoms with E-state index < -0.39 is 12.0 Å². The fourth-order valence-corrected chi connectivity index (χ4v) is 1.34. The molecule has 1 atom stereocenters. The van der Waals surface area contributed by atoms with E-state index in [-0.39, 0.29) is 11.3 Å². The molecule has 0 bridgehead atoms. The smallest absolute Gasteiger partial charge is 0.325 e. The second-order valence-electron chi connectivity index (χ2n) is 4.83. The van der Waals surface area contributed by atoms with Crippen LogP contribution in [0.15, 0.2) is 0 Å². The van der Waals surface area contributed by atoms with Gasteiger partial charge in [-0.2, -0.15) is 0 Å². The van der Waals surface area contributed by atoms with E-state index in [9.17, 15) is 9.59 Å². The highest BCUT2D eigenvalue weighted by Crippen LogP contribution is 2.25. The number of hydrogen-bond donors (Lipinski definition) is 3. The van der Waals surface area contributed by atoms with E-state index in [1.807, 2.05) is 13.8 Å². The van der Waals surface area contributed by atoms with E-state index >= 15 is 0 Å². The van der Waals surface area contributed by atoms with Crippen LogP contribution in [0, 0.1) is 5.41 Å². The van der Waals surface area contributed by atoms with E-state index in [0.29, 0.717) is 19.4 Å². The summed E-state index contributed by atoms with van der Waals surface area (Å²) in [5, 5.41) is 11.0. The third-order valence-corrected chi connectivity index (χ3v) is 2.60. The van der Waals surface area contributed by atoms with Gasteiger partial charge in [0.1, 0.15) is 6.04 Å². The molecule has 4 N–H and O–H groups in total. The molecule has 0 heterocycles. The van der Waals surface area contributed by atoms with E-state index in [1.165, 1.54) is 6.92 Å². The van der Waals surface area contributed by atoms with Crippen LogP contribution >= 0.6 is 0 Å². The average Bonchev–Trinajstić information content (AvgIpc) is 2.14. The van der Waals surface area contributed by atoms with Gasteiger partial charge in [-0.15, -0.1) is 0 Å². The van der Waals surface area contributed by atoms with Gasteiger partial charge in [0.25, 0.3) is 0 Å². The summed E-state index contributed by atoms with van der Waals surface area (Å²) >= 11 is 0. The first kappa shape index (κ1) is 14.9.